The van der Waals surface area contributed by atoms with E-state index in [1.54, 1.807) is 27.8 Å². The molecule has 0 atom stereocenters. The number of aromatic nitrogens is 1. The number of rotatable bonds is 2. The second-order valence-electron chi connectivity index (χ2n) is 5.03. The molecule has 2 N–H and O–H groups in total. The van der Waals surface area contributed by atoms with E-state index in [1.807, 2.05) is 0 Å². The molecular formula is C12H18FN3O2. The molecule has 0 aromatic carbocycles. The lowest BCUT2D eigenvalue weighted by Gasteiger charge is -2.24. The van der Waals surface area contributed by atoms with E-state index in [1.165, 1.54) is 11.0 Å². The minimum atomic E-state index is -0.571. The molecule has 0 aliphatic carbocycles. The van der Waals surface area contributed by atoms with Gasteiger partial charge in [0.15, 0.2) is 5.82 Å². The number of nitrogens with zero attached hydrogens (tertiary/aromatic N) is 2. The normalized spacial score (nSPS) is 11.2. The van der Waals surface area contributed by atoms with Gasteiger partial charge in [-0.2, -0.15) is 0 Å². The van der Waals surface area contributed by atoms with Crippen LogP contribution in [0.3, 0.4) is 0 Å². The molecule has 6 heteroatoms. The number of carbonyl (C=O) groups is 1. The zero-order valence-corrected chi connectivity index (χ0v) is 11.0. The Balaban J connectivity index is 2.66. The van der Waals surface area contributed by atoms with E-state index in [-0.39, 0.29) is 12.2 Å². The predicted octanol–water partition coefficient (Wildman–Crippen LogP) is 2.17. The van der Waals surface area contributed by atoms with Crippen molar-refractivity contribution in [2.24, 2.45) is 0 Å². The summed E-state index contributed by atoms with van der Waals surface area (Å²) >= 11 is 0. The van der Waals surface area contributed by atoms with Gasteiger partial charge in [-0.3, -0.25) is 4.98 Å². The van der Waals surface area contributed by atoms with Crippen molar-refractivity contribution in [1.29, 1.82) is 0 Å². The number of nitrogen functional groups attached to an aromatic ring is 1. The number of carbonyl (C=O) groups excluding carboxylic acids is 1. The van der Waals surface area contributed by atoms with Gasteiger partial charge >= 0.3 is 6.09 Å². The zero-order valence-electron chi connectivity index (χ0n) is 11.0. The molecule has 0 aliphatic heterocycles. The molecule has 1 aromatic heterocycles. The molecule has 0 spiro atoms. The van der Waals surface area contributed by atoms with Crippen molar-refractivity contribution in [3.63, 3.8) is 0 Å². The van der Waals surface area contributed by atoms with Gasteiger partial charge in [0.1, 0.15) is 5.60 Å². The molecule has 0 bridgehead atoms. The summed E-state index contributed by atoms with van der Waals surface area (Å²) in [5.74, 6) is -0.571. The molecule has 18 heavy (non-hydrogen) atoms. The molecule has 1 amide bonds. The summed E-state index contributed by atoms with van der Waals surface area (Å²) in [6, 6.07) is 1.40. The van der Waals surface area contributed by atoms with Gasteiger partial charge in [-0.1, -0.05) is 0 Å². The molecule has 1 heterocycles. The number of halogens is 1. The highest BCUT2D eigenvalue weighted by atomic mass is 19.1. The maximum absolute atomic E-state index is 12.9. The Bertz CT molecular complexity index is 443. The van der Waals surface area contributed by atoms with Crippen molar-refractivity contribution in [3.05, 3.63) is 23.8 Å². The molecule has 0 saturated carbocycles. The molecule has 1 rings (SSSR count). The topological polar surface area (TPSA) is 68.5 Å². The third kappa shape index (κ3) is 4.20. The van der Waals surface area contributed by atoms with Crippen LogP contribution in [-0.2, 0) is 11.3 Å². The van der Waals surface area contributed by atoms with Crippen LogP contribution >= 0.6 is 0 Å². The third-order valence-corrected chi connectivity index (χ3v) is 2.05. The van der Waals surface area contributed by atoms with Gasteiger partial charge in [0.2, 0.25) is 0 Å². The standard InChI is InChI=1S/C12H18FN3O2/c1-12(2,3)18-11(17)16(4)7-8-5-10(14)9(13)6-15-8/h5-6H,7H2,1-4H3,(H2,14,15). The minimum Gasteiger partial charge on any atom is -0.444 e. The highest BCUT2D eigenvalue weighted by Crippen LogP contribution is 2.13. The number of pyridine rings is 1. The second-order valence-corrected chi connectivity index (χ2v) is 5.03. The number of nitrogens with two attached hydrogens (primary N) is 1. The number of amides is 1. The molecule has 5 nitrogen and oxygen atoms in total. The highest BCUT2D eigenvalue weighted by Gasteiger charge is 2.20. The van der Waals surface area contributed by atoms with Gasteiger partial charge in [0, 0.05) is 7.05 Å². The summed E-state index contributed by atoms with van der Waals surface area (Å²) in [4.78, 5) is 16.9. The van der Waals surface area contributed by atoms with Crippen molar-refractivity contribution in [3.8, 4) is 0 Å². The molecular weight excluding hydrogens is 237 g/mol. The monoisotopic (exact) mass is 255 g/mol. The van der Waals surface area contributed by atoms with E-state index in [0.717, 1.165) is 6.20 Å². The van der Waals surface area contributed by atoms with Gasteiger partial charge in [-0.05, 0) is 26.8 Å². The van der Waals surface area contributed by atoms with Crippen LogP contribution in [0.4, 0.5) is 14.9 Å². The molecule has 0 unspecified atom stereocenters. The fourth-order valence-electron chi connectivity index (χ4n) is 1.23. The SMILES string of the molecule is CN(Cc1cc(N)c(F)cn1)C(=O)OC(C)(C)C. The van der Waals surface area contributed by atoms with Crippen LogP contribution in [0, 0.1) is 5.82 Å². The first kappa shape index (κ1) is 14.2. The Morgan fingerprint density at radius 1 is 1.56 bits per heavy atom. The Hall–Kier alpha value is -1.85. The number of hydrogen-bond donors (Lipinski definition) is 1. The largest absolute Gasteiger partial charge is 0.444 e. The average molecular weight is 255 g/mol. The Morgan fingerprint density at radius 2 is 2.17 bits per heavy atom. The van der Waals surface area contributed by atoms with Crippen molar-refractivity contribution in [2.45, 2.75) is 32.9 Å². The van der Waals surface area contributed by atoms with E-state index in [9.17, 15) is 9.18 Å². The van der Waals surface area contributed by atoms with Gasteiger partial charge in [-0.25, -0.2) is 9.18 Å². The predicted molar refractivity (Wildman–Crippen MR) is 66.3 cm³/mol. The maximum atomic E-state index is 12.9. The van der Waals surface area contributed by atoms with Gasteiger partial charge in [0.05, 0.1) is 24.1 Å². The van der Waals surface area contributed by atoms with Gasteiger partial charge < -0.3 is 15.4 Å². The van der Waals surface area contributed by atoms with E-state index >= 15 is 0 Å². The van der Waals surface area contributed by atoms with E-state index in [4.69, 9.17) is 10.5 Å². The van der Waals surface area contributed by atoms with E-state index < -0.39 is 17.5 Å². The fraction of sp³-hybridized carbons (Fsp3) is 0.500. The first-order chi connectivity index (χ1) is 8.19. The molecule has 0 radical (unpaired) electrons. The Kier molecular flexibility index (Phi) is 4.11. The molecule has 100 valence electrons. The lowest BCUT2D eigenvalue weighted by Crippen LogP contribution is -2.34. The van der Waals surface area contributed by atoms with Crippen molar-refractivity contribution in [1.82, 2.24) is 9.88 Å². The summed E-state index contributed by atoms with van der Waals surface area (Å²) in [6.45, 7) is 5.56. The minimum absolute atomic E-state index is 0.0117. The summed E-state index contributed by atoms with van der Waals surface area (Å²) in [7, 11) is 1.58. The second kappa shape index (κ2) is 5.20. The van der Waals surface area contributed by atoms with Crippen LogP contribution in [0.25, 0.3) is 0 Å². The van der Waals surface area contributed by atoms with Crippen LogP contribution in [0.2, 0.25) is 0 Å². The molecule has 0 fully saturated rings. The van der Waals surface area contributed by atoms with Crippen LogP contribution in [-0.4, -0.2) is 28.6 Å². The first-order valence-corrected chi connectivity index (χ1v) is 5.53. The Morgan fingerprint density at radius 3 is 2.67 bits per heavy atom. The van der Waals surface area contributed by atoms with Gasteiger partial charge in [0.25, 0.3) is 0 Å². The van der Waals surface area contributed by atoms with E-state index in [0.29, 0.717) is 5.69 Å². The summed E-state index contributed by atoms with van der Waals surface area (Å²) in [5, 5.41) is 0. The molecule has 1 aromatic rings. The lowest BCUT2D eigenvalue weighted by molar-refractivity contribution is 0.0283. The summed E-state index contributed by atoms with van der Waals surface area (Å²) < 4.78 is 18.1. The third-order valence-electron chi connectivity index (χ3n) is 2.05. The van der Waals surface area contributed by atoms with Crippen LogP contribution < -0.4 is 5.73 Å². The lowest BCUT2D eigenvalue weighted by atomic mass is 10.2. The number of anilines is 1. The molecule has 0 aliphatic rings. The van der Waals surface area contributed by atoms with Gasteiger partial charge in [-0.15, -0.1) is 0 Å². The van der Waals surface area contributed by atoms with Crippen molar-refractivity contribution < 1.29 is 13.9 Å². The maximum Gasteiger partial charge on any atom is 0.410 e. The number of ether oxygens (including phenoxy) is 1. The quantitative estimate of drug-likeness (QED) is 0.879. The fourth-order valence-corrected chi connectivity index (χ4v) is 1.23. The van der Waals surface area contributed by atoms with Crippen molar-refractivity contribution in [2.75, 3.05) is 12.8 Å². The smallest absolute Gasteiger partial charge is 0.410 e. The molecule has 0 saturated heterocycles. The summed E-state index contributed by atoms with van der Waals surface area (Å²) in [6.07, 6.45) is 0.570. The highest BCUT2D eigenvalue weighted by molar-refractivity contribution is 5.67. The van der Waals surface area contributed by atoms with Crippen LogP contribution in [0.15, 0.2) is 12.3 Å². The van der Waals surface area contributed by atoms with Crippen LogP contribution in [0.5, 0.6) is 0 Å². The van der Waals surface area contributed by atoms with E-state index in [2.05, 4.69) is 4.98 Å². The average Bonchev–Trinajstić information content (AvgIpc) is 2.21. The Labute approximate surface area is 106 Å². The first-order valence-electron chi connectivity index (χ1n) is 5.53. The number of hydrogen-bond acceptors (Lipinski definition) is 4. The zero-order chi connectivity index (χ0) is 13.9. The van der Waals surface area contributed by atoms with Crippen molar-refractivity contribution >= 4 is 11.8 Å². The summed E-state index contributed by atoms with van der Waals surface area (Å²) in [5.41, 5.74) is 5.38. The van der Waals surface area contributed by atoms with Crippen LogP contribution in [0.1, 0.15) is 26.5 Å².